The predicted octanol–water partition coefficient (Wildman–Crippen LogP) is 2.05. The van der Waals surface area contributed by atoms with Crippen LogP contribution in [-0.2, 0) is 14.3 Å². The third-order valence-electron chi connectivity index (χ3n) is 2.09. The van der Waals surface area contributed by atoms with E-state index in [0.29, 0.717) is 18.7 Å². The Morgan fingerprint density at radius 3 is 2.29 bits per heavy atom. The molecule has 0 saturated carbocycles. The molecule has 17 heavy (non-hydrogen) atoms. The number of amides is 1. The van der Waals surface area contributed by atoms with Crippen molar-refractivity contribution >= 4 is 11.9 Å². The van der Waals surface area contributed by atoms with Gasteiger partial charge < -0.3 is 10.1 Å². The van der Waals surface area contributed by atoms with Crippen molar-refractivity contribution in [3.8, 4) is 0 Å². The Morgan fingerprint density at radius 2 is 1.82 bits per heavy atom. The number of unbranched alkanes of at least 4 members (excludes halogenated alkanes) is 1. The van der Waals surface area contributed by atoms with E-state index in [4.69, 9.17) is 4.74 Å². The van der Waals surface area contributed by atoms with Crippen molar-refractivity contribution in [1.29, 1.82) is 0 Å². The molecular formula is C13H23NO3. The van der Waals surface area contributed by atoms with Gasteiger partial charge in [0.1, 0.15) is 0 Å². The molecule has 0 atom stereocenters. The third-order valence-corrected chi connectivity index (χ3v) is 2.09. The van der Waals surface area contributed by atoms with E-state index in [1.807, 2.05) is 20.8 Å². The number of carbonyl (C=O) groups excluding carboxylic acids is 2. The Morgan fingerprint density at radius 1 is 1.24 bits per heavy atom. The maximum atomic E-state index is 11.4. The number of rotatable bonds is 6. The van der Waals surface area contributed by atoms with Crippen molar-refractivity contribution in [2.45, 2.75) is 40.5 Å². The van der Waals surface area contributed by atoms with Crippen LogP contribution < -0.4 is 5.32 Å². The van der Waals surface area contributed by atoms with Gasteiger partial charge in [0, 0.05) is 12.1 Å². The fourth-order valence-corrected chi connectivity index (χ4v) is 0.961. The van der Waals surface area contributed by atoms with Crippen LogP contribution in [0.15, 0.2) is 12.2 Å². The lowest BCUT2D eigenvalue weighted by molar-refractivity contribution is -0.153. The van der Waals surface area contributed by atoms with Gasteiger partial charge in [-0.3, -0.25) is 9.59 Å². The molecule has 0 radical (unpaired) electrons. The van der Waals surface area contributed by atoms with Crippen LogP contribution in [-0.4, -0.2) is 25.0 Å². The lowest BCUT2D eigenvalue weighted by Crippen LogP contribution is -2.26. The maximum Gasteiger partial charge on any atom is 0.311 e. The molecule has 0 aromatic heterocycles. The summed E-state index contributed by atoms with van der Waals surface area (Å²) in [5, 5.41) is 2.72. The van der Waals surface area contributed by atoms with E-state index in [-0.39, 0.29) is 11.9 Å². The van der Waals surface area contributed by atoms with Crippen LogP contribution in [0.4, 0.5) is 0 Å². The van der Waals surface area contributed by atoms with E-state index in [0.717, 1.165) is 12.8 Å². The van der Waals surface area contributed by atoms with Crippen LogP contribution in [0.25, 0.3) is 0 Å². The van der Waals surface area contributed by atoms with Crippen LogP contribution in [0.3, 0.4) is 0 Å². The van der Waals surface area contributed by atoms with Gasteiger partial charge in [-0.1, -0.05) is 6.58 Å². The van der Waals surface area contributed by atoms with Crippen molar-refractivity contribution in [3.05, 3.63) is 12.2 Å². The van der Waals surface area contributed by atoms with Crippen LogP contribution >= 0.6 is 0 Å². The van der Waals surface area contributed by atoms with Crippen LogP contribution in [0.5, 0.6) is 0 Å². The van der Waals surface area contributed by atoms with E-state index in [2.05, 4.69) is 11.9 Å². The average molecular weight is 241 g/mol. The van der Waals surface area contributed by atoms with Crippen molar-refractivity contribution < 1.29 is 14.3 Å². The lowest BCUT2D eigenvalue weighted by atomic mass is 9.97. The molecule has 0 saturated heterocycles. The van der Waals surface area contributed by atoms with Gasteiger partial charge in [0.2, 0.25) is 5.91 Å². The quantitative estimate of drug-likeness (QED) is 0.440. The van der Waals surface area contributed by atoms with Crippen molar-refractivity contribution in [3.63, 3.8) is 0 Å². The number of hydrogen-bond donors (Lipinski definition) is 1. The minimum Gasteiger partial charge on any atom is -0.465 e. The summed E-state index contributed by atoms with van der Waals surface area (Å²) >= 11 is 0. The SMILES string of the molecule is C=C(C)C(=O)NCCCCOC(=O)C(C)(C)C. The lowest BCUT2D eigenvalue weighted by Gasteiger charge is -2.16. The van der Waals surface area contributed by atoms with Gasteiger partial charge in [-0.2, -0.15) is 0 Å². The summed E-state index contributed by atoms with van der Waals surface area (Å²) < 4.78 is 5.09. The largest absolute Gasteiger partial charge is 0.465 e. The van der Waals surface area contributed by atoms with Gasteiger partial charge in [-0.05, 0) is 40.5 Å². The summed E-state index contributed by atoms with van der Waals surface area (Å²) in [7, 11) is 0. The fourth-order valence-electron chi connectivity index (χ4n) is 0.961. The molecule has 0 aromatic carbocycles. The first-order chi connectivity index (χ1) is 7.75. The monoisotopic (exact) mass is 241 g/mol. The highest BCUT2D eigenvalue weighted by Crippen LogP contribution is 2.15. The molecule has 0 rings (SSSR count). The van der Waals surface area contributed by atoms with Gasteiger partial charge in [0.25, 0.3) is 0 Å². The van der Waals surface area contributed by atoms with Crippen LogP contribution in [0.2, 0.25) is 0 Å². The highest BCUT2D eigenvalue weighted by atomic mass is 16.5. The molecule has 98 valence electrons. The first-order valence-corrected chi connectivity index (χ1v) is 5.86. The molecule has 0 aliphatic carbocycles. The Bertz CT molecular complexity index is 290. The molecule has 4 nitrogen and oxygen atoms in total. The van der Waals surface area contributed by atoms with E-state index in [9.17, 15) is 9.59 Å². The summed E-state index contributed by atoms with van der Waals surface area (Å²) in [6, 6.07) is 0. The highest BCUT2D eigenvalue weighted by molar-refractivity contribution is 5.91. The molecule has 0 aromatic rings. The number of esters is 1. The summed E-state index contributed by atoms with van der Waals surface area (Å²) in [6.45, 7) is 11.7. The molecule has 0 unspecified atom stereocenters. The van der Waals surface area contributed by atoms with E-state index in [1.54, 1.807) is 6.92 Å². The average Bonchev–Trinajstić information content (AvgIpc) is 2.20. The molecule has 4 heteroatoms. The summed E-state index contributed by atoms with van der Waals surface area (Å²) in [5.41, 5.74) is 0.0536. The minimum absolute atomic E-state index is 0.128. The van der Waals surface area contributed by atoms with Gasteiger partial charge in [-0.25, -0.2) is 0 Å². The van der Waals surface area contributed by atoms with E-state index in [1.165, 1.54) is 0 Å². The molecule has 0 bridgehead atoms. The highest BCUT2D eigenvalue weighted by Gasteiger charge is 2.22. The van der Waals surface area contributed by atoms with Gasteiger partial charge in [0.15, 0.2) is 0 Å². The Kier molecular flexibility index (Phi) is 6.54. The Labute approximate surface area is 103 Å². The van der Waals surface area contributed by atoms with Crippen molar-refractivity contribution in [1.82, 2.24) is 5.32 Å². The summed E-state index contributed by atoms with van der Waals surface area (Å²) in [5.74, 6) is -0.319. The normalized spacial score (nSPS) is 10.8. The van der Waals surface area contributed by atoms with Crippen LogP contribution in [0.1, 0.15) is 40.5 Å². The third kappa shape index (κ3) is 7.55. The second kappa shape index (κ2) is 7.09. The van der Waals surface area contributed by atoms with E-state index < -0.39 is 5.41 Å². The Hall–Kier alpha value is -1.32. The van der Waals surface area contributed by atoms with Crippen LogP contribution in [0, 0.1) is 5.41 Å². The first-order valence-electron chi connectivity index (χ1n) is 5.86. The molecular weight excluding hydrogens is 218 g/mol. The zero-order chi connectivity index (χ0) is 13.5. The minimum atomic E-state index is -0.450. The zero-order valence-electron chi connectivity index (χ0n) is 11.3. The number of carbonyl (C=O) groups is 2. The predicted molar refractivity (Wildman–Crippen MR) is 67.5 cm³/mol. The number of nitrogens with one attached hydrogen (secondary N) is 1. The standard InChI is InChI=1S/C13H23NO3/c1-10(2)11(15)14-8-6-7-9-17-12(16)13(3,4)5/h1,6-9H2,2-5H3,(H,14,15). The Balaban J connectivity index is 3.51. The topological polar surface area (TPSA) is 55.4 Å². The molecule has 0 aliphatic rings. The molecule has 0 aliphatic heterocycles. The molecule has 1 amide bonds. The molecule has 0 fully saturated rings. The summed E-state index contributed by atoms with van der Waals surface area (Å²) in [6.07, 6.45) is 1.54. The van der Waals surface area contributed by atoms with E-state index >= 15 is 0 Å². The second-order valence-electron chi connectivity index (χ2n) is 5.13. The van der Waals surface area contributed by atoms with Gasteiger partial charge in [0.05, 0.1) is 12.0 Å². The molecule has 0 heterocycles. The van der Waals surface area contributed by atoms with Crippen molar-refractivity contribution in [2.24, 2.45) is 5.41 Å². The van der Waals surface area contributed by atoms with Crippen molar-refractivity contribution in [2.75, 3.05) is 13.2 Å². The van der Waals surface area contributed by atoms with Gasteiger partial charge >= 0.3 is 5.97 Å². The number of ether oxygens (including phenoxy) is 1. The fraction of sp³-hybridized carbons (Fsp3) is 0.692. The summed E-state index contributed by atoms with van der Waals surface area (Å²) in [4.78, 5) is 22.5. The first kappa shape index (κ1) is 15.7. The smallest absolute Gasteiger partial charge is 0.311 e. The molecule has 0 spiro atoms. The zero-order valence-corrected chi connectivity index (χ0v) is 11.3. The molecule has 1 N–H and O–H groups in total. The number of hydrogen-bond acceptors (Lipinski definition) is 3. The second-order valence-corrected chi connectivity index (χ2v) is 5.13. The van der Waals surface area contributed by atoms with Gasteiger partial charge in [-0.15, -0.1) is 0 Å². The maximum absolute atomic E-state index is 11.4.